The number of nitro benzene ring substituents is 1. The molecule has 2 saturated heterocycles. The molecule has 0 radical (unpaired) electrons. The van der Waals surface area contributed by atoms with E-state index in [1.807, 2.05) is 55.5 Å². The van der Waals surface area contributed by atoms with Gasteiger partial charge in [-0.2, -0.15) is 0 Å². The molecule has 6 rings (SSSR count). The zero-order valence-electron chi connectivity index (χ0n) is 24.3. The molecule has 44 heavy (non-hydrogen) atoms. The highest BCUT2D eigenvalue weighted by molar-refractivity contribution is 6.43. The number of non-ortho nitro benzene ring substituents is 1. The molecule has 2 amide bonds. The predicted octanol–water partition coefficient (Wildman–Crippen LogP) is 6.03. The van der Waals surface area contributed by atoms with E-state index in [9.17, 15) is 29.8 Å². The smallest absolute Gasteiger partial charge is 0.455 e. The minimum atomic E-state index is -1.11. The van der Waals surface area contributed by atoms with Crippen molar-refractivity contribution in [3.05, 3.63) is 111 Å². The summed E-state index contributed by atoms with van der Waals surface area (Å²) in [6.45, 7) is 2.02. The summed E-state index contributed by atoms with van der Waals surface area (Å²) in [5, 5.41) is 32.8. The van der Waals surface area contributed by atoms with Crippen LogP contribution in [0.2, 0.25) is 6.32 Å². The second-order valence-electron chi connectivity index (χ2n) is 11.6. The van der Waals surface area contributed by atoms with Crippen molar-refractivity contribution in [1.82, 2.24) is 0 Å². The first-order valence-electron chi connectivity index (χ1n) is 15.0. The van der Waals surface area contributed by atoms with Gasteiger partial charge in [-0.1, -0.05) is 67.1 Å². The summed E-state index contributed by atoms with van der Waals surface area (Å²) in [7, 11) is -1.11. The van der Waals surface area contributed by atoms with Gasteiger partial charge in [-0.3, -0.25) is 19.7 Å². The largest absolute Gasteiger partial charge is 0.507 e. The van der Waals surface area contributed by atoms with Gasteiger partial charge in [-0.15, -0.1) is 0 Å². The zero-order chi connectivity index (χ0) is 31.0. The van der Waals surface area contributed by atoms with Gasteiger partial charge in [0, 0.05) is 17.7 Å². The van der Waals surface area contributed by atoms with Gasteiger partial charge < -0.3 is 14.8 Å². The average molecular weight is 592 g/mol. The minimum absolute atomic E-state index is 0.178. The molecule has 3 aromatic rings. The Bertz CT molecular complexity index is 1670. The Kier molecular flexibility index (Phi) is 8.20. The molecular weight excluding hydrogens is 559 g/mol. The summed E-state index contributed by atoms with van der Waals surface area (Å²) in [6, 6.07) is 22.6. The van der Waals surface area contributed by atoms with E-state index in [0.29, 0.717) is 31.2 Å². The minimum Gasteiger partial charge on any atom is -0.507 e. The molecule has 1 aliphatic carbocycles. The average Bonchev–Trinajstić information content (AvgIpc) is 3.28. The number of anilines is 1. The van der Waals surface area contributed by atoms with Crippen molar-refractivity contribution >= 4 is 42.0 Å². The van der Waals surface area contributed by atoms with Crippen LogP contribution in [0, 0.1) is 27.9 Å². The molecule has 9 nitrogen and oxygen atoms in total. The molecule has 2 N–H and O–H groups in total. The maximum Gasteiger partial charge on any atom is 0.455 e. The molecular formula is C34H33BN2O7. The highest BCUT2D eigenvalue weighted by atomic mass is 16.6. The molecule has 2 fully saturated rings. The number of rotatable bonds is 8. The first kappa shape index (κ1) is 29.5. The Labute approximate surface area is 255 Å². The Hall–Kier alpha value is -4.54. The van der Waals surface area contributed by atoms with E-state index < -0.39 is 35.9 Å². The van der Waals surface area contributed by atoms with Gasteiger partial charge in [0.15, 0.2) is 0 Å². The summed E-state index contributed by atoms with van der Waals surface area (Å²) in [5.41, 5.74) is 4.72. The number of phenols is 1. The second-order valence-corrected chi connectivity index (χ2v) is 11.6. The number of hydrogen-bond donors (Lipinski definition) is 2. The van der Waals surface area contributed by atoms with E-state index in [1.54, 1.807) is 18.2 Å². The van der Waals surface area contributed by atoms with Crippen LogP contribution in [0.15, 0.2) is 90.0 Å². The number of hydrogen-bond acceptors (Lipinski definition) is 7. The molecule has 2 aliphatic heterocycles. The molecule has 10 heteroatoms. The highest BCUT2D eigenvalue weighted by Crippen LogP contribution is 2.52. The molecule has 0 spiro atoms. The Morgan fingerprint density at radius 1 is 1.05 bits per heavy atom. The maximum atomic E-state index is 13.9. The van der Waals surface area contributed by atoms with Crippen molar-refractivity contribution in [3.8, 4) is 5.75 Å². The fourth-order valence-electron chi connectivity index (χ4n) is 7.14. The van der Waals surface area contributed by atoms with E-state index in [2.05, 4.69) is 0 Å². The lowest BCUT2D eigenvalue weighted by Crippen LogP contribution is -2.46. The first-order valence-corrected chi connectivity index (χ1v) is 15.0. The standard InChI is InChI=1S/C34H33BN2O7/c1-2-21-18-27-32(34(40)36(33(27)39)25-12-8-13-26(19-25)37(42)43)28-20-35(41)44-30(31(21)28)16-15-23(22-9-4-3-5-10-22)17-24-11-6-7-14-29(24)38/h3-14,17,19,27-28,30,32,38,41H,2,15-16,18,20H2,1H3/b23-17-/t27-,28+,30-,32-/m1/s1. The molecule has 4 atom stereocenters. The van der Waals surface area contributed by atoms with Crippen molar-refractivity contribution in [3.63, 3.8) is 0 Å². The van der Waals surface area contributed by atoms with Crippen molar-refractivity contribution in [2.24, 2.45) is 17.8 Å². The van der Waals surface area contributed by atoms with E-state index in [0.717, 1.165) is 27.2 Å². The van der Waals surface area contributed by atoms with Crippen molar-refractivity contribution < 1.29 is 29.3 Å². The number of nitro groups is 1. The number of allylic oxidation sites excluding steroid dienone is 2. The summed E-state index contributed by atoms with van der Waals surface area (Å²) < 4.78 is 6.15. The Balaban J connectivity index is 1.32. The number of para-hydroxylation sites is 1. The molecule has 0 bridgehead atoms. The molecule has 0 unspecified atom stereocenters. The van der Waals surface area contributed by atoms with Crippen LogP contribution in [0.25, 0.3) is 11.6 Å². The number of fused-ring (bicyclic) bond motifs is 3. The fraction of sp³-hybridized carbons (Fsp3) is 0.294. The predicted molar refractivity (Wildman–Crippen MR) is 167 cm³/mol. The molecule has 3 aliphatic rings. The third-order valence-electron chi connectivity index (χ3n) is 9.12. The van der Waals surface area contributed by atoms with Gasteiger partial charge in [0.2, 0.25) is 11.8 Å². The van der Waals surface area contributed by atoms with Crippen LogP contribution in [-0.4, -0.2) is 40.1 Å². The number of phenolic OH excluding ortho intramolecular Hbond substituents is 1. The number of imide groups is 1. The van der Waals surface area contributed by atoms with Crippen LogP contribution in [-0.2, 0) is 14.2 Å². The van der Waals surface area contributed by atoms with Gasteiger partial charge in [0.05, 0.1) is 28.6 Å². The number of carbonyl (C=O) groups is 2. The van der Waals surface area contributed by atoms with Crippen LogP contribution < -0.4 is 4.90 Å². The van der Waals surface area contributed by atoms with Crippen molar-refractivity contribution in [1.29, 1.82) is 0 Å². The van der Waals surface area contributed by atoms with E-state index in [-0.39, 0.29) is 35.3 Å². The van der Waals surface area contributed by atoms with Crippen LogP contribution in [0.5, 0.6) is 5.75 Å². The first-order chi connectivity index (χ1) is 21.3. The van der Waals surface area contributed by atoms with Crippen molar-refractivity contribution in [2.45, 2.75) is 45.0 Å². The van der Waals surface area contributed by atoms with Gasteiger partial charge in [-0.25, -0.2) is 4.90 Å². The van der Waals surface area contributed by atoms with Gasteiger partial charge in [-0.05, 0) is 72.8 Å². The van der Waals surface area contributed by atoms with Crippen LogP contribution >= 0.6 is 0 Å². The zero-order valence-corrected chi connectivity index (χ0v) is 24.3. The van der Waals surface area contributed by atoms with E-state index in [4.69, 9.17) is 4.65 Å². The molecule has 224 valence electrons. The Morgan fingerprint density at radius 3 is 2.52 bits per heavy atom. The number of nitrogens with zero attached hydrogens (tertiary/aromatic N) is 2. The lowest BCUT2D eigenvalue weighted by atomic mass is 9.58. The van der Waals surface area contributed by atoms with Crippen LogP contribution in [0.1, 0.15) is 43.7 Å². The van der Waals surface area contributed by atoms with Crippen LogP contribution in [0.3, 0.4) is 0 Å². The highest BCUT2D eigenvalue weighted by Gasteiger charge is 2.57. The molecule has 0 saturated carbocycles. The quantitative estimate of drug-likeness (QED) is 0.0816. The number of benzene rings is 3. The normalized spacial score (nSPS) is 23.5. The summed E-state index contributed by atoms with van der Waals surface area (Å²) >= 11 is 0. The third kappa shape index (κ3) is 5.47. The molecule has 0 aromatic heterocycles. The topological polar surface area (TPSA) is 130 Å². The van der Waals surface area contributed by atoms with Gasteiger partial charge in [0.25, 0.3) is 5.69 Å². The SMILES string of the molecule is CCC1=C2[C@@H](CC/C(=C/c3ccccc3O)c3ccccc3)OB(O)C[C@@H]2[C@@H]2C(=O)N(c3cccc([N+](=O)[O-])c3)C(=O)[C@@H]2C1. The summed E-state index contributed by atoms with van der Waals surface area (Å²) in [4.78, 5) is 39.6. The lowest BCUT2D eigenvalue weighted by molar-refractivity contribution is -0.384. The third-order valence-corrected chi connectivity index (χ3v) is 9.12. The number of carbonyl (C=O) groups excluding carboxylic acids is 2. The number of aromatic hydroxyl groups is 1. The molecule has 3 aromatic carbocycles. The maximum absolute atomic E-state index is 13.9. The summed E-state index contributed by atoms with van der Waals surface area (Å²) in [6.07, 6.45) is 3.85. The van der Waals surface area contributed by atoms with Crippen molar-refractivity contribution in [2.75, 3.05) is 4.90 Å². The Morgan fingerprint density at radius 2 is 1.80 bits per heavy atom. The molecule has 2 heterocycles. The second kappa shape index (κ2) is 12.2. The van der Waals surface area contributed by atoms with Crippen LogP contribution in [0.4, 0.5) is 11.4 Å². The fourth-order valence-corrected chi connectivity index (χ4v) is 7.14. The number of amides is 2. The summed E-state index contributed by atoms with van der Waals surface area (Å²) in [5.74, 6) is -2.25. The van der Waals surface area contributed by atoms with E-state index >= 15 is 0 Å². The van der Waals surface area contributed by atoms with Gasteiger partial charge >= 0.3 is 7.12 Å². The van der Waals surface area contributed by atoms with E-state index in [1.165, 1.54) is 18.2 Å². The monoisotopic (exact) mass is 592 g/mol. The lowest BCUT2D eigenvalue weighted by Gasteiger charge is -2.43. The van der Waals surface area contributed by atoms with Gasteiger partial charge in [0.1, 0.15) is 5.75 Å².